The maximum absolute atomic E-state index is 12.9. The van der Waals surface area contributed by atoms with Gasteiger partial charge in [-0.05, 0) is 49.8 Å². The summed E-state index contributed by atoms with van der Waals surface area (Å²) in [5.41, 5.74) is 0.0893. The Morgan fingerprint density at radius 3 is 2.69 bits per heavy atom. The molecule has 3 aromatic rings. The van der Waals surface area contributed by atoms with Gasteiger partial charge >= 0.3 is 6.18 Å². The highest BCUT2D eigenvalue weighted by atomic mass is 35.5. The van der Waals surface area contributed by atoms with Crippen molar-refractivity contribution in [3.63, 3.8) is 0 Å². The SMILES string of the molecule is O=C(Nc1nc2ccc(C(F)(F)F)cc2s1)c1cc(Cl)cc(CN2CCC2)c1O. The Kier molecular flexibility index (Phi) is 5.14. The van der Waals surface area contributed by atoms with Crippen molar-refractivity contribution in [3.8, 4) is 5.75 Å². The Hall–Kier alpha value is -2.36. The number of fused-ring (bicyclic) bond motifs is 1. The highest BCUT2D eigenvalue weighted by molar-refractivity contribution is 7.22. The topological polar surface area (TPSA) is 65.5 Å². The lowest BCUT2D eigenvalue weighted by Crippen LogP contribution is -2.36. The first-order valence-corrected chi connectivity index (χ1v) is 9.93. The smallest absolute Gasteiger partial charge is 0.416 e. The molecule has 1 amide bonds. The molecule has 2 heterocycles. The first-order valence-electron chi connectivity index (χ1n) is 8.73. The molecule has 1 fully saturated rings. The minimum atomic E-state index is -4.46. The fraction of sp³-hybridized carbons (Fsp3) is 0.263. The number of nitrogens with one attached hydrogen (secondary N) is 1. The molecule has 10 heteroatoms. The molecule has 0 radical (unpaired) electrons. The van der Waals surface area contributed by atoms with Gasteiger partial charge in [-0.2, -0.15) is 13.2 Å². The Morgan fingerprint density at radius 2 is 2.03 bits per heavy atom. The summed E-state index contributed by atoms with van der Waals surface area (Å²) in [6.07, 6.45) is -3.37. The zero-order valence-corrected chi connectivity index (χ0v) is 16.5. The minimum Gasteiger partial charge on any atom is -0.507 e. The van der Waals surface area contributed by atoms with E-state index < -0.39 is 17.6 Å². The van der Waals surface area contributed by atoms with Crippen molar-refractivity contribution in [1.82, 2.24) is 9.88 Å². The van der Waals surface area contributed by atoms with Crippen LogP contribution in [-0.2, 0) is 12.7 Å². The molecule has 1 aliphatic rings. The lowest BCUT2D eigenvalue weighted by Gasteiger charge is -2.31. The van der Waals surface area contributed by atoms with E-state index in [0.29, 0.717) is 27.3 Å². The number of nitrogens with zero attached hydrogens (tertiary/aromatic N) is 2. The molecule has 5 nitrogen and oxygen atoms in total. The number of carbonyl (C=O) groups is 1. The number of aromatic nitrogens is 1. The largest absolute Gasteiger partial charge is 0.507 e. The summed E-state index contributed by atoms with van der Waals surface area (Å²) in [6.45, 7) is 2.31. The van der Waals surface area contributed by atoms with E-state index in [4.69, 9.17) is 11.6 Å². The van der Waals surface area contributed by atoms with Gasteiger partial charge in [0, 0.05) is 17.1 Å². The quantitative estimate of drug-likeness (QED) is 0.589. The number of alkyl halides is 3. The zero-order valence-electron chi connectivity index (χ0n) is 14.9. The molecule has 0 saturated carbocycles. The maximum atomic E-state index is 12.9. The molecule has 1 aromatic heterocycles. The summed E-state index contributed by atoms with van der Waals surface area (Å²) in [6, 6.07) is 6.15. The van der Waals surface area contributed by atoms with E-state index in [-0.39, 0.29) is 16.4 Å². The molecular formula is C19H15ClF3N3O2S. The highest BCUT2D eigenvalue weighted by Gasteiger charge is 2.31. The van der Waals surface area contributed by atoms with Crippen LogP contribution < -0.4 is 5.32 Å². The van der Waals surface area contributed by atoms with Crippen molar-refractivity contribution in [2.24, 2.45) is 0 Å². The first-order chi connectivity index (χ1) is 13.7. The Morgan fingerprint density at radius 1 is 1.28 bits per heavy atom. The summed E-state index contributed by atoms with van der Waals surface area (Å²) in [4.78, 5) is 18.9. The molecule has 152 valence electrons. The van der Waals surface area contributed by atoms with Crippen LogP contribution in [0.15, 0.2) is 30.3 Å². The molecule has 0 bridgehead atoms. The number of phenolic OH excluding ortho intramolecular Hbond substituents is 1. The fourth-order valence-corrected chi connectivity index (χ4v) is 4.19. The average molecular weight is 442 g/mol. The van der Waals surface area contributed by atoms with Gasteiger partial charge in [0.1, 0.15) is 5.75 Å². The van der Waals surface area contributed by atoms with E-state index in [1.165, 1.54) is 12.1 Å². The van der Waals surface area contributed by atoms with Gasteiger partial charge in [0.2, 0.25) is 0 Å². The van der Waals surface area contributed by atoms with E-state index in [9.17, 15) is 23.1 Å². The van der Waals surface area contributed by atoms with Crippen LogP contribution in [0.25, 0.3) is 10.2 Å². The van der Waals surface area contributed by atoms with Crippen LogP contribution in [0.1, 0.15) is 27.9 Å². The number of phenols is 1. The number of benzene rings is 2. The number of hydrogen-bond acceptors (Lipinski definition) is 5. The van der Waals surface area contributed by atoms with Crippen molar-refractivity contribution in [2.45, 2.75) is 19.1 Å². The molecule has 0 aliphatic carbocycles. The molecule has 4 rings (SSSR count). The van der Waals surface area contributed by atoms with Crippen LogP contribution in [0.2, 0.25) is 5.02 Å². The number of aromatic hydroxyl groups is 1. The lowest BCUT2D eigenvalue weighted by atomic mass is 10.1. The van der Waals surface area contributed by atoms with Crippen molar-refractivity contribution in [3.05, 3.63) is 52.0 Å². The maximum Gasteiger partial charge on any atom is 0.416 e. The predicted molar refractivity (Wildman–Crippen MR) is 106 cm³/mol. The standard InChI is InChI=1S/C19H15ClF3N3O2S/c20-12-6-10(9-26-4-1-5-26)16(27)13(8-12)17(28)25-18-24-14-3-2-11(19(21,22)23)7-15(14)29-18/h2-3,6-8,27H,1,4-5,9H2,(H,24,25,28). The van der Waals surface area contributed by atoms with Crippen molar-refractivity contribution < 1.29 is 23.1 Å². The van der Waals surface area contributed by atoms with Crippen LogP contribution in [0.4, 0.5) is 18.3 Å². The van der Waals surface area contributed by atoms with Gasteiger partial charge in [-0.15, -0.1) is 0 Å². The van der Waals surface area contributed by atoms with E-state index >= 15 is 0 Å². The number of amides is 1. The average Bonchev–Trinajstić information content (AvgIpc) is 3.00. The second kappa shape index (κ2) is 7.47. The molecule has 0 atom stereocenters. The van der Waals surface area contributed by atoms with Crippen LogP contribution in [0.5, 0.6) is 5.75 Å². The summed E-state index contributed by atoms with van der Waals surface area (Å²) in [5, 5.41) is 13.5. The first kappa shape index (κ1) is 19.9. The number of thiazole rings is 1. The van der Waals surface area contributed by atoms with Crippen LogP contribution in [0, 0.1) is 0 Å². The Bertz CT molecular complexity index is 1100. The van der Waals surface area contributed by atoms with E-state index in [1.807, 2.05) is 0 Å². The van der Waals surface area contributed by atoms with Gasteiger partial charge in [0.25, 0.3) is 5.91 Å². The Balaban J connectivity index is 1.59. The van der Waals surface area contributed by atoms with Crippen LogP contribution in [0.3, 0.4) is 0 Å². The lowest BCUT2D eigenvalue weighted by molar-refractivity contribution is -0.137. The number of rotatable bonds is 4. The van der Waals surface area contributed by atoms with E-state index in [1.54, 1.807) is 6.07 Å². The van der Waals surface area contributed by atoms with Gasteiger partial charge in [0.05, 0.1) is 21.3 Å². The molecule has 2 aromatic carbocycles. The monoisotopic (exact) mass is 441 g/mol. The number of anilines is 1. The third-order valence-corrected chi connectivity index (χ3v) is 5.83. The van der Waals surface area contributed by atoms with Gasteiger partial charge in [0.15, 0.2) is 5.13 Å². The molecule has 29 heavy (non-hydrogen) atoms. The Labute approximate surface area is 172 Å². The number of hydrogen-bond donors (Lipinski definition) is 2. The van der Waals surface area contributed by atoms with Crippen LogP contribution in [-0.4, -0.2) is 34.0 Å². The molecule has 0 unspecified atom stereocenters. The van der Waals surface area contributed by atoms with Gasteiger partial charge < -0.3 is 5.11 Å². The van der Waals surface area contributed by atoms with Crippen LogP contribution >= 0.6 is 22.9 Å². The van der Waals surface area contributed by atoms with Crippen molar-refractivity contribution >= 4 is 44.2 Å². The van der Waals surface area contributed by atoms with E-state index in [2.05, 4.69) is 15.2 Å². The highest BCUT2D eigenvalue weighted by Crippen LogP contribution is 2.35. The normalized spacial score (nSPS) is 14.8. The van der Waals surface area contributed by atoms with Crippen molar-refractivity contribution in [2.75, 3.05) is 18.4 Å². The van der Waals surface area contributed by atoms with Gasteiger partial charge in [-0.1, -0.05) is 22.9 Å². The zero-order chi connectivity index (χ0) is 20.8. The second-order valence-corrected chi connectivity index (χ2v) is 8.21. The van der Waals surface area contributed by atoms with Gasteiger partial charge in [-0.3, -0.25) is 15.0 Å². The van der Waals surface area contributed by atoms with E-state index in [0.717, 1.165) is 43.0 Å². The van der Waals surface area contributed by atoms with Gasteiger partial charge in [-0.25, -0.2) is 4.98 Å². The number of likely N-dealkylation sites (tertiary alicyclic amines) is 1. The molecule has 1 saturated heterocycles. The minimum absolute atomic E-state index is 0.0109. The molecule has 2 N–H and O–H groups in total. The van der Waals surface area contributed by atoms with Crippen molar-refractivity contribution in [1.29, 1.82) is 0 Å². The molecule has 0 spiro atoms. The summed E-state index contributed by atoms with van der Waals surface area (Å²) < 4.78 is 38.9. The summed E-state index contributed by atoms with van der Waals surface area (Å²) in [5.74, 6) is -0.802. The third-order valence-electron chi connectivity index (χ3n) is 4.68. The summed E-state index contributed by atoms with van der Waals surface area (Å²) >= 11 is 7.03. The predicted octanol–water partition coefficient (Wildman–Crippen LogP) is 5.13. The third kappa shape index (κ3) is 4.17. The number of carbonyl (C=O) groups excluding carboxylic acids is 1. The summed E-state index contributed by atoms with van der Waals surface area (Å²) in [7, 11) is 0. The molecular weight excluding hydrogens is 427 g/mol. The molecule has 1 aliphatic heterocycles. The number of halogens is 4. The second-order valence-electron chi connectivity index (χ2n) is 6.74. The fourth-order valence-electron chi connectivity index (χ4n) is 3.05.